The molecule has 0 bridgehead atoms. The van der Waals surface area contributed by atoms with Gasteiger partial charge < -0.3 is 9.84 Å². The van der Waals surface area contributed by atoms with Crippen LogP contribution in [0.4, 0.5) is 0 Å². The Morgan fingerprint density at radius 2 is 2.05 bits per heavy atom. The molecule has 19 heavy (non-hydrogen) atoms. The second-order valence-electron chi connectivity index (χ2n) is 5.63. The second-order valence-corrected chi connectivity index (χ2v) is 5.63. The molecule has 1 aliphatic carbocycles. The summed E-state index contributed by atoms with van der Waals surface area (Å²) in [6, 6.07) is 0. The Bertz CT molecular complexity index is 486. The van der Waals surface area contributed by atoms with Gasteiger partial charge in [0.1, 0.15) is 5.78 Å². The molecule has 0 aromatic carbocycles. The van der Waals surface area contributed by atoms with Gasteiger partial charge in [-0.15, -0.1) is 0 Å². The number of ether oxygens (including phenoxy) is 1. The number of carbonyl (C=O) groups is 2. The van der Waals surface area contributed by atoms with E-state index in [1.165, 1.54) is 0 Å². The lowest BCUT2D eigenvalue weighted by molar-refractivity contribution is -0.181. The molecule has 2 atom stereocenters. The van der Waals surface area contributed by atoms with E-state index in [0.29, 0.717) is 11.1 Å². The van der Waals surface area contributed by atoms with Gasteiger partial charge in [0.2, 0.25) is 5.79 Å². The smallest absolute Gasteiger partial charge is 0.336 e. The van der Waals surface area contributed by atoms with Gasteiger partial charge in [-0.1, -0.05) is 18.6 Å². The number of rotatable bonds is 0. The van der Waals surface area contributed by atoms with Crippen molar-refractivity contribution < 1.29 is 19.4 Å². The van der Waals surface area contributed by atoms with Crippen LogP contribution in [-0.2, 0) is 14.3 Å². The minimum absolute atomic E-state index is 0.0547. The third kappa shape index (κ3) is 2.63. The van der Waals surface area contributed by atoms with Crippen LogP contribution in [0, 0.1) is 5.92 Å². The van der Waals surface area contributed by atoms with E-state index in [4.69, 9.17) is 4.74 Å². The Balaban J connectivity index is 2.42. The minimum atomic E-state index is -1.63. The van der Waals surface area contributed by atoms with E-state index in [-0.39, 0.29) is 24.5 Å². The summed E-state index contributed by atoms with van der Waals surface area (Å²) in [6.07, 6.45) is 3.96. The molecule has 0 spiro atoms. The molecule has 1 N–H and O–H groups in total. The molecular formula is C15H20O4. The van der Waals surface area contributed by atoms with Crippen molar-refractivity contribution in [3.63, 3.8) is 0 Å². The zero-order valence-corrected chi connectivity index (χ0v) is 11.7. The molecule has 104 valence electrons. The third-order valence-electron chi connectivity index (χ3n) is 4.00. The van der Waals surface area contributed by atoms with Gasteiger partial charge in [-0.05, 0) is 26.7 Å². The lowest BCUT2D eigenvalue weighted by Crippen LogP contribution is -2.34. The second kappa shape index (κ2) is 4.93. The van der Waals surface area contributed by atoms with Crippen LogP contribution in [0.5, 0.6) is 0 Å². The number of allylic oxidation sites excluding steroid dienone is 1. The molecule has 0 radical (unpaired) electrons. The van der Waals surface area contributed by atoms with Crippen LogP contribution in [0.25, 0.3) is 0 Å². The molecule has 0 aromatic heterocycles. The minimum Gasteiger partial charge on any atom is -0.425 e. The van der Waals surface area contributed by atoms with E-state index in [1.54, 1.807) is 6.92 Å². The van der Waals surface area contributed by atoms with Gasteiger partial charge in [-0.25, -0.2) is 4.79 Å². The summed E-state index contributed by atoms with van der Waals surface area (Å²) in [7, 11) is 0. The van der Waals surface area contributed by atoms with Crippen molar-refractivity contribution in [2.24, 2.45) is 5.92 Å². The molecule has 2 rings (SSSR count). The Kier molecular flexibility index (Phi) is 3.63. The van der Waals surface area contributed by atoms with Crippen LogP contribution in [0.3, 0.4) is 0 Å². The monoisotopic (exact) mass is 264 g/mol. The molecule has 1 heterocycles. The highest BCUT2D eigenvalue weighted by atomic mass is 16.7. The van der Waals surface area contributed by atoms with E-state index in [0.717, 1.165) is 18.4 Å². The number of esters is 1. The molecule has 0 aromatic rings. The lowest BCUT2D eigenvalue weighted by Gasteiger charge is -2.27. The van der Waals surface area contributed by atoms with Crippen molar-refractivity contribution in [3.8, 4) is 0 Å². The third-order valence-corrected chi connectivity index (χ3v) is 4.00. The predicted molar refractivity (Wildman–Crippen MR) is 70.1 cm³/mol. The Labute approximate surface area is 113 Å². The van der Waals surface area contributed by atoms with Crippen molar-refractivity contribution in [1.82, 2.24) is 0 Å². The zero-order chi connectivity index (χ0) is 14.2. The SMILES string of the molecule is CC1=C2CC(=O)[C@H](C)CC/C=C(\C)C[C@@]2(O)OC1=O. The van der Waals surface area contributed by atoms with Crippen molar-refractivity contribution in [3.05, 3.63) is 22.8 Å². The fourth-order valence-corrected chi connectivity index (χ4v) is 2.66. The Morgan fingerprint density at radius 3 is 2.74 bits per heavy atom. The summed E-state index contributed by atoms with van der Waals surface area (Å²) in [5.41, 5.74) is 1.78. The molecule has 4 nitrogen and oxygen atoms in total. The van der Waals surface area contributed by atoms with Gasteiger partial charge in [0.15, 0.2) is 0 Å². The molecule has 1 aliphatic heterocycles. The average molecular weight is 264 g/mol. The molecule has 0 saturated carbocycles. The number of aliphatic hydroxyl groups is 1. The summed E-state index contributed by atoms with van der Waals surface area (Å²) in [5.74, 6) is -2.17. The average Bonchev–Trinajstić information content (AvgIpc) is 2.51. The predicted octanol–water partition coefficient (Wildman–Crippen LogP) is 2.27. The van der Waals surface area contributed by atoms with E-state index >= 15 is 0 Å². The molecule has 0 saturated heterocycles. The highest BCUT2D eigenvalue weighted by Gasteiger charge is 2.45. The molecule has 0 amide bonds. The Morgan fingerprint density at radius 1 is 1.37 bits per heavy atom. The van der Waals surface area contributed by atoms with Crippen molar-refractivity contribution >= 4 is 11.8 Å². The number of Topliss-reactive ketones (excluding diaryl/α,β-unsaturated/α-hetero) is 1. The summed E-state index contributed by atoms with van der Waals surface area (Å²) >= 11 is 0. The largest absolute Gasteiger partial charge is 0.425 e. The van der Waals surface area contributed by atoms with E-state index in [1.807, 2.05) is 19.9 Å². The first kappa shape index (κ1) is 14.0. The highest BCUT2D eigenvalue weighted by Crippen LogP contribution is 2.39. The quantitative estimate of drug-likeness (QED) is 0.538. The number of ketones is 1. The zero-order valence-electron chi connectivity index (χ0n) is 11.7. The van der Waals surface area contributed by atoms with Crippen molar-refractivity contribution in [2.75, 3.05) is 0 Å². The first-order valence-electron chi connectivity index (χ1n) is 6.68. The van der Waals surface area contributed by atoms with Crippen LogP contribution >= 0.6 is 0 Å². The summed E-state index contributed by atoms with van der Waals surface area (Å²) in [5, 5.41) is 10.6. The summed E-state index contributed by atoms with van der Waals surface area (Å²) in [6.45, 7) is 5.41. The molecule has 2 aliphatic rings. The first-order valence-corrected chi connectivity index (χ1v) is 6.68. The van der Waals surface area contributed by atoms with Crippen LogP contribution in [0.2, 0.25) is 0 Å². The normalized spacial score (nSPS) is 35.6. The first-order chi connectivity index (χ1) is 8.83. The topological polar surface area (TPSA) is 63.6 Å². The molecule has 0 fully saturated rings. The number of fused-ring (bicyclic) bond motifs is 1. The number of carbonyl (C=O) groups excluding carboxylic acids is 2. The maximum absolute atomic E-state index is 12.1. The highest BCUT2D eigenvalue weighted by molar-refractivity contribution is 5.95. The van der Waals surface area contributed by atoms with Crippen LogP contribution in [-0.4, -0.2) is 22.6 Å². The van der Waals surface area contributed by atoms with Gasteiger partial charge in [0.05, 0.1) is 0 Å². The van der Waals surface area contributed by atoms with E-state index in [9.17, 15) is 14.7 Å². The standard InChI is InChI=1S/C15H20O4/c1-9-5-4-6-10(2)13(16)7-12-11(3)14(17)19-15(12,18)8-9/h5,10,18H,4,6-8H2,1-3H3/b9-5+/t10-,15-/m1/s1. The number of hydrogen-bond acceptors (Lipinski definition) is 4. The summed E-state index contributed by atoms with van der Waals surface area (Å²) < 4.78 is 5.10. The van der Waals surface area contributed by atoms with Crippen LogP contribution in [0.1, 0.15) is 46.5 Å². The lowest BCUT2D eigenvalue weighted by atomic mass is 9.86. The fraction of sp³-hybridized carbons (Fsp3) is 0.600. The van der Waals surface area contributed by atoms with Gasteiger partial charge >= 0.3 is 5.97 Å². The van der Waals surface area contributed by atoms with Crippen LogP contribution in [0.15, 0.2) is 22.8 Å². The maximum Gasteiger partial charge on any atom is 0.336 e. The number of hydrogen-bond donors (Lipinski definition) is 1. The van der Waals surface area contributed by atoms with Gasteiger partial charge in [0.25, 0.3) is 0 Å². The fourth-order valence-electron chi connectivity index (χ4n) is 2.66. The van der Waals surface area contributed by atoms with Gasteiger partial charge in [-0.2, -0.15) is 0 Å². The van der Waals surface area contributed by atoms with Crippen LogP contribution < -0.4 is 0 Å². The molecule has 4 heteroatoms. The Hall–Kier alpha value is -1.42. The summed E-state index contributed by atoms with van der Waals surface area (Å²) in [4.78, 5) is 23.8. The molecular weight excluding hydrogens is 244 g/mol. The van der Waals surface area contributed by atoms with Crippen molar-refractivity contribution in [1.29, 1.82) is 0 Å². The van der Waals surface area contributed by atoms with Gasteiger partial charge in [-0.3, -0.25) is 4.79 Å². The molecule has 0 unspecified atom stereocenters. The van der Waals surface area contributed by atoms with Crippen molar-refractivity contribution in [2.45, 2.75) is 52.2 Å². The van der Waals surface area contributed by atoms with Gasteiger partial charge in [0, 0.05) is 29.9 Å². The van der Waals surface area contributed by atoms with E-state index in [2.05, 4.69) is 0 Å². The van der Waals surface area contributed by atoms with E-state index < -0.39 is 11.8 Å². The maximum atomic E-state index is 12.1.